The molecule has 0 amide bonds. The first kappa shape index (κ1) is 16.9. The van der Waals surface area contributed by atoms with Crippen LogP contribution in [-0.4, -0.2) is 52.9 Å². The summed E-state index contributed by atoms with van der Waals surface area (Å²) >= 11 is 0. The molecule has 0 aromatic rings. The number of rotatable bonds is 7. The second-order valence-electron chi connectivity index (χ2n) is 5.49. The van der Waals surface area contributed by atoms with Crippen molar-refractivity contribution in [3.63, 3.8) is 0 Å². The first-order valence-electron chi connectivity index (χ1n) is 6.44. The molecule has 0 aliphatic heterocycles. The molecule has 0 bridgehead atoms. The Hall–Kier alpha value is -0.180. The number of aliphatic hydroxyl groups is 1. The lowest BCUT2D eigenvalue weighted by Gasteiger charge is -2.35. The Morgan fingerprint density at radius 3 is 2.11 bits per heavy atom. The van der Waals surface area contributed by atoms with Gasteiger partial charge in [-0.15, -0.1) is 0 Å². The van der Waals surface area contributed by atoms with Crippen LogP contribution in [-0.2, 0) is 19.9 Å². The molecule has 0 spiro atoms. The fraction of sp³-hybridized carbons (Fsp3) is 1.00. The van der Waals surface area contributed by atoms with E-state index in [1.165, 1.54) is 0 Å². The summed E-state index contributed by atoms with van der Waals surface area (Å²) < 4.78 is 47.8. The third kappa shape index (κ3) is 6.20. The molecule has 6 nitrogen and oxygen atoms in total. The molecular weight excluding hydrogens is 290 g/mol. The van der Waals surface area contributed by atoms with Gasteiger partial charge >= 0.3 is 0 Å². The van der Waals surface area contributed by atoms with E-state index in [1.807, 2.05) is 0 Å². The lowest BCUT2D eigenvalue weighted by Crippen LogP contribution is -2.42. The van der Waals surface area contributed by atoms with E-state index in [4.69, 9.17) is 0 Å². The minimum atomic E-state index is -3.60. The van der Waals surface area contributed by atoms with Crippen LogP contribution in [0.2, 0.25) is 0 Å². The maximum Gasteiger partial charge on any atom is 0.212 e. The van der Waals surface area contributed by atoms with Gasteiger partial charge in [-0.05, 0) is 12.8 Å². The Morgan fingerprint density at radius 2 is 1.63 bits per heavy atom. The van der Waals surface area contributed by atoms with Crippen molar-refractivity contribution in [1.82, 2.24) is 4.72 Å². The van der Waals surface area contributed by atoms with Gasteiger partial charge in [-0.2, -0.15) is 0 Å². The zero-order valence-corrected chi connectivity index (χ0v) is 12.9. The van der Waals surface area contributed by atoms with Gasteiger partial charge in [0, 0.05) is 24.8 Å². The van der Waals surface area contributed by atoms with E-state index >= 15 is 0 Å². The minimum Gasteiger partial charge on any atom is -0.396 e. The van der Waals surface area contributed by atoms with Gasteiger partial charge < -0.3 is 5.11 Å². The summed E-state index contributed by atoms with van der Waals surface area (Å²) in [5.41, 5.74) is -0.379. The SMILES string of the molecule is CS(=O)(=O)CCS(=O)(=O)NCC1(CO)CCCCC1. The fourth-order valence-electron chi connectivity index (χ4n) is 2.29. The van der Waals surface area contributed by atoms with Crippen LogP contribution in [0.3, 0.4) is 0 Å². The number of sulfone groups is 1. The van der Waals surface area contributed by atoms with Gasteiger partial charge in [0.2, 0.25) is 10.0 Å². The monoisotopic (exact) mass is 313 g/mol. The van der Waals surface area contributed by atoms with Crippen molar-refractivity contribution in [2.24, 2.45) is 5.41 Å². The number of nitrogens with one attached hydrogen (secondary N) is 1. The molecule has 1 rings (SSSR count). The van der Waals surface area contributed by atoms with Gasteiger partial charge in [0.1, 0.15) is 9.84 Å². The highest BCUT2D eigenvalue weighted by atomic mass is 32.2. The highest BCUT2D eigenvalue weighted by Gasteiger charge is 2.32. The van der Waals surface area contributed by atoms with Crippen LogP contribution in [0.5, 0.6) is 0 Å². The summed E-state index contributed by atoms with van der Waals surface area (Å²) in [5.74, 6) is -0.804. The molecular formula is C11H23NO5S2. The third-order valence-electron chi connectivity index (χ3n) is 3.64. The van der Waals surface area contributed by atoms with Crippen LogP contribution < -0.4 is 4.72 Å². The van der Waals surface area contributed by atoms with Crippen molar-refractivity contribution in [2.45, 2.75) is 32.1 Å². The van der Waals surface area contributed by atoms with E-state index in [9.17, 15) is 21.9 Å². The fourth-order valence-corrected chi connectivity index (χ4v) is 5.05. The Morgan fingerprint density at radius 1 is 1.05 bits per heavy atom. The van der Waals surface area contributed by atoms with Crippen molar-refractivity contribution in [2.75, 3.05) is 30.9 Å². The quantitative estimate of drug-likeness (QED) is 0.683. The second kappa shape index (κ2) is 6.51. The van der Waals surface area contributed by atoms with Gasteiger partial charge in [0.15, 0.2) is 0 Å². The van der Waals surface area contributed by atoms with Crippen LogP contribution >= 0.6 is 0 Å². The Balaban J connectivity index is 2.53. The predicted molar refractivity (Wildman–Crippen MR) is 74.1 cm³/mol. The molecule has 0 radical (unpaired) electrons. The number of sulfonamides is 1. The van der Waals surface area contributed by atoms with E-state index in [2.05, 4.69) is 4.72 Å². The molecule has 0 saturated heterocycles. The Labute approximate surface area is 115 Å². The molecule has 114 valence electrons. The summed E-state index contributed by atoms with van der Waals surface area (Å²) in [4.78, 5) is 0. The molecule has 1 aliphatic carbocycles. The summed E-state index contributed by atoms with van der Waals surface area (Å²) in [5, 5.41) is 9.47. The Bertz CT molecular complexity index is 477. The molecule has 8 heteroatoms. The molecule has 1 fully saturated rings. The maximum atomic E-state index is 11.7. The maximum absolute atomic E-state index is 11.7. The number of aliphatic hydroxyl groups excluding tert-OH is 1. The van der Waals surface area contributed by atoms with Gasteiger partial charge in [0.05, 0.1) is 11.5 Å². The van der Waals surface area contributed by atoms with Crippen molar-refractivity contribution < 1.29 is 21.9 Å². The van der Waals surface area contributed by atoms with E-state index in [-0.39, 0.29) is 24.3 Å². The van der Waals surface area contributed by atoms with Crippen LogP contribution in [0, 0.1) is 5.41 Å². The molecule has 0 atom stereocenters. The second-order valence-corrected chi connectivity index (χ2v) is 9.67. The van der Waals surface area contributed by atoms with Crippen molar-refractivity contribution >= 4 is 19.9 Å². The van der Waals surface area contributed by atoms with Gasteiger partial charge in [-0.25, -0.2) is 21.6 Å². The van der Waals surface area contributed by atoms with Crippen molar-refractivity contribution in [1.29, 1.82) is 0 Å². The lowest BCUT2D eigenvalue weighted by atomic mass is 9.75. The number of hydrogen-bond donors (Lipinski definition) is 2. The van der Waals surface area contributed by atoms with Crippen LogP contribution in [0.1, 0.15) is 32.1 Å². The highest BCUT2D eigenvalue weighted by Crippen LogP contribution is 2.35. The normalized spacial score (nSPS) is 20.3. The highest BCUT2D eigenvalue weighted by molar-refractivity contribution is 7.93. The molecule has 0 heterocycles. The van der Waals surface area contributed by atoms with Crippen LogP contribution in [0.25, 0.3) is 0 Å². The zero-order valence-electron chi connectivity index (χ0n) is 11.3. The molecule has 2 N–H and O–H groups in total. The minimum absolute atomic E-state index is 0.0401. The largest absolute Gasteiger partial charge is 0.396 e. The zero-order chi connectivity index (χ0) is 14.6. The number of hydrogen-bond acceptors (Lipinski definition) is 5. The van der Waals surface area contributed by atoms with Crippen LogP contribution in [0.15, 0.2) is 0 Å². The summed E-state index contributed by atoms with van der Waals surface area (Å²) in [7, 11) is -6.89. The first-order valence-corrected chi connectivity index (χ1v) is 10.2. The van der Waals surface area contributed by atoms with E-state index in [0.29, 0.717) is 0 Å². The summed E-state index contributed by atoms with van der Waals surface area (Å²) in [6.45, 7) is 0.150. The molecule has 0 aromatic carbocycles. The molecule has 0 unspecified atom stereocenters. The average Bonchev–Trinajstić information content (AvgIpc) is 2.35. The predicted octanol–water partition coefficient (Wildman–Crippen LogP) is -0.107. The van der Waals surface area contributed by atoms with E-state index in [1.54, 1.807) is 0 Å². The lowest BCUT2D eigenvalue weighted by molar-refractivity contribution is 0.0867. The van der Waals surface area contributed by atoms with Crippen molar-refractivity contribution in [3.8, 4) is 0 Å². The average molecular weight is 313 g/mol. The molecule has 1 saturated carbocycles. The standard InChI is InChI=1S/C11H23NO5S2/c1-18(14,15)7-8-19(16,17)12-9-11(10-13)5-3-2-4-6-11/h12-13H,2-10H2,1H3. The Kier molecular flexibility index (Phi) is 5.78. The third-order valence-corrected chi connectivity index (χ3v) is 6.17. The van der Waals surface area contributed by atoms with E-state index in [0.717, 1.165) is 38.4 Å². The molecule has 19 heavy (non-hydrogen) atoms. The van der Waals surface area contributed by atoms with Gasteiger partial charge in [-0.3, -0.25) is 0 Å². The molecule has 0 aromatic heterocycles. The smallest absolute Gasteiger partial charge is 0.212 e. The van der Waals surface area contributed by atoms with Crippen LogP contribution in [0.4, 0.5) is 0 Å². The van der Waals surface area contributed by atoms with Crippen molar-refractivity contribution in [3.05, 3.63) is 0 Å². The summed E-state index contributed by atoms with van der Waals surface area (Å²) in [6, 6.07) is 0. The topological polar surface area (TPSA) is 101 Å². The van der Waals surface area contributed by atoms with E-state index < -0.39 is 25.6 Å². The van der Waals surface area contributed by atoms with Gasteiger partial charge in [0.25, 0.3) is 0 Å². The first-order chi connectivity index (χ1) is 8.68. The summed E-state index contributed by atoms with van der Waals surface area (Å²) in [6.07, 6.45) is 5.72. The molecule has 1 aliphatic rings. The van der Waals surface area contributed by atoms with Gasteiger partial charge in [-0.1, -0.05) is 19.3 Å².